The molecule has 0 aliphatic rings. The number of aromatic amines is 1. The summed E-state index contributed by atoms with van der Waals surface area (Å²) >= 11 is 0. The van der Waals surface area contributed by atoms with E-state index in [2.05, 4.69) is 14.7 Å². The van der Waals surface area contributed by atoms with Crippen LogP contribution in [0.1, 0.15) is 29.3 Å². The van der Waals surface area contributed by atoms with Crippen LogP contribution >= 0.6 is 0 Å². The van der Waals surface area contributed by atoms with Crippen molar-refractivity contribution in [3.05, 3.63) is 53.4 Å². The number of hydrogen-bond acceptors (Lipinski definition) is 5. The molecule has 10 heteroatoms. The monoisotopic (exact) mass is 436 g/mol. The number of sulfonamides is 1. The van der Waals surface area contributed by atoms with Crippen molar-refractivity contribution in [1.82, 2.24) is 9.97 Å². The summed E-state index contributed by atoms with van der Waals surface area (Å²) in [6, 6.07) is 3.57. The Kier molecular flexibility index (Phi) is 6.06. The summed E-state index contributed by atoms with van der Waals surface area (Å²) < 4.78 is 55.0. The molecule has 7 nitrogen and oxygen atoms in total. The summed E-state index contributed by atoms with van der Waals surface area (Å²) in [5, 5.41) is 0.771. The molecule has 0 aliphatic carbocycles. The Morgan fingerprint density at radius 2 is 2.00 bits per heavy atom. The fourth-order valence-corrected chi connectivity index (χ4v) is 4.28. The Balaban J connectivity index is 1.92. The van der Waals surface area contributed by atoms with Gasteiger partial charge in [0.25, 0.3) is 0 Å². The molecule has 0 fully saturated rings. The zero-order valence-electron chi connectivity index (χ0n) is 16.8. The second-order valence-electron chi connectivity index (χ2n) is 7.11. The minimum absolute atomic E-state index is 0.219. The number of anilines is 2. The third-order valence-electron chi connectivity index (χ3n) is 4.52. The topological polar surface area (TPSA) is 95.2 Å². The van der Waals surface area contributed by atoms with Crippen LogP contribution in [0.4, 0.5) is 20.2 Å². The average molecular weight is 436 g/mol. The maximum atomic E-state index is 14.8. The van der Waals surface area contributed by atoms with E-state index in [0.717, 1.165) is 23.2 Å². The maximum Gasteiger partial charge on any atom is 0.232 e. The van der Waals surface area contributed by atoms with E-state index in [-0.39, 0.29) is 12.2 Å². The molecule has 1 aromatic carbocycles. The molecule has 2 heterocycles. The van der Waals surface area contributed by atoms with Crippen LogP contribution in [0.2, 0.25) is 0 Å². The number of fused-ring (bicyclic) bond motifs is 1. The van der Waals surface area contributed by atoms with Gasteiger partial charge in [-0.3, -0.25) is 9.52 Å². The number of aromatic nitrogens is 2. The molecule has 3 rings (SSSR count). The smallest absolute Gasteiger partial charge is 0.232 e. The molecule has 0 atom stereocenters. The van der Waals surface area contributed by atoms with Gasteiger partial charge in [-0.25, -0.2) is 22.2 Å². The van der Waals surface area contributed by atoms with Crippen LogP contribution in [0.25, 0.3) is 11.0 Å². The van der Waals surface area contributed by atoms with Crippen molar-refractivity contribution in [2.75, 3.05) is 29.5 Å². The minimum atomic E-state index is -3.79. The number of benzene rings is 1. The maximum absolute atomic E-state index is 14.8. The molecule has 0 saturated carbocycles. The van der Waals surface area contributed by atoms with Gasteiger partial charge in [0.15, 0.2) is 11.6 Å². The summed E-state index contributed by atoms with van der Waals surface area (Å²) in [6.45, 7) is 1.66. The summed E-state index contributed by atoms with van der Waals surface area (Å²) in [7, 11) is -0.0793. The zero-order valence-corrected chi connectivity index (χ0v) is 17.6. The number of pyridine rings is 1. The molecule has 0 saturated heterocycles. The summed E-state index contributed by atoms with van der Waals surface area (Å²) in [4.78, 5) is 21.8. The lowest BCUT2D eigenvalue weighted by atomic mass is 10.0. The Labute approximate surface area is 173 Å². The quantitative estimate of drug-likeness (QED) is 0.527. The summed E-state index contributed by atoms with van der Waals surface area (Å²) in [5.74, 6) is -3.32. The van der Waals surface area contributed by atoms with Gasteiger partial charge in [-0.15, -0.1) is 0 Å². The van der Waals surface area contributed by atoms with Crippen LogP contribution in [0.3, 0.4) is 0 Å². The van der Waals surface area contributed by atoms with E-state index in [4.69, 9.17) is 0 Å². The fourth-order valence-electron chi connectivity index (χ4n) is 3.15. The number of ketones is 1. The highest BCUT2D eigenvalue weighted by Crippen LogP contribution is 2.27. The van der Waals surface area contributed by atoms with Crippen molar-refractivity contribution in [2.45, 2.75) is 19.8 Å². The Morgan fingerprint density at radius 3 is 2.67 bits per heavy atom. The standard InChI is InChI=1S/C20H22F2N4O3S/c1-4-7-30(28,29)25-15-6-5-14(21)18(19(15)22)17(27)9-12-8-13-16(26(2)3)11-24-20(13)23-10-12/h5-6,8,10-11,25H,4,7,9H2,1-3H3,(H,23,24). The number of rotatable bonds is 8. The first kappa shape index (κ1) is 21.7. The lowest BCUT2D eigenvalue weighted by molar-refractivity contribution is 0.0985. The normalized spacial score (nSPS) is 11.6. The highest BCUT2D eigenvalue weighted by atomic mass is 32.2. The number of halogens is 2. The molecule has 2 aromatic heterocycles. The van der Waals surface area contributed by atoms with Crippen LogP contribution in [0, 0.1) is 11.6 Å². The van der Waals surface area contributed by atoms with E-state index in [1.807, 2.05) is 19.0 Å². The lowest BCUT2D eigenvalue weighted by Crippen LogP contribution is -2.19. The molecule has 0 aliphatic heterocycles. The van der Waals surface area contributed by atoms with Crippen molar-refractivity contribution < 1.29 is 22.0 Å². The SMILES string of the molecule is CCCS(=O)(=O)Nc1ccc(F)c(C(=O)Cc2cnc3[nH]cc(N(C)C)c3c2)c1F. The third-order valence-corrected chi connectivity index (χ3v) is 6.00. The Bertz CT molecular complexity index is 1210. The van der Waals surface area contributed by atoms with Gasteiger partial charge in [0.1, 0.15) is 11.5 Å². The van der Waals surface area contributed by atoms with E-state index in [9.17, 15) is 22.0 Å². The van der Waals surface area contributed by atoms with Crippen LogP contribution in [-0.4, -0.2) is 44.0 Å². The number of hydrogen-bond donors (Lipinski definition) is 2. The molecule has 0 amide bonds. The molecule has 0 bridgehead atoms. The van der Waals surface area contributed by atoms with Gasteiger partial charge >= 0.3 is 0 Å². The van der Waals surface area contributed by atoms with Crippen LogP contribution < -0.4 is 9.62 Å². The molecule has 0 radical (unpaired) electrons. The molecule has 3 aromatic rings. The van der Waals surface area contributed by atoms with Gasteiger partial charge in [0.05, 0.1) is 22.7 Å². The first-order valence-electron chi connectivity index (χ1n) is 9.28. The number of nitrogens with zero attached hydrogens (tertiary/aromatic N) is 2. The molecular formula is C20H22F2N4O3S. The molecular weight excluding hydrogens is 414 g/mol. The lowest BCUT2D eigenvalue weighted by Gasteiger charge is -2.12. The van der Waals surface area contributed by atoms with E-state index >= 15 is 0 Å². The van der Waals surface area contributed by atoms with Crippen LogP contribution in [0.15, 0.2) is 30.6 Å². The van der Waals surface area contributed by atoms with E-state index in [1.54, 1.807) is 19.2 Å². The number of carbonyl (C=O) groups is 1. The highest BCUT2D eigenvalue weighted by Gasteiger charge is 2.23. The van der Waals surface area contributed by atoms with Crippen LogP contribution in [0.5, 0.6) is 0 Å². The number of carbonyl (C=O) groups excluding carboxylic acids is 1. The predicted molar refractivity (Wildman–Crippen MR) is 113 cm³/mol. The van der Waals surface area contributed by atoms with Gasteiger partial charge < -0.3 is 9.88 Å². The van der Waals surface area contributed by atoms with Crippen molar-refractivity contribution in [3.8, 4) is 0 Å². The molecule has 160 valence electrons. The molecule has 0 unspecified atom stereocenters. The molecule has 0 spiro atoms. The van der Waals surface area contributed by atoms with Crippen molar-refractivity contribution in [1.29, 1.82) is 0 Å². The Hall–Kier alpha value is -3.01. The largest absolute Gasteiger partial charge is 0.376 e. The van der Waals surface area contributed by atoms with Gasteiger partial charge in [-0.1, -0.05) is 6.92 Å². The Morgan fingerprint density at radius 1 is 1.27 bits per heavy atom. The van der Waals surface area contributed by atoms with Crippen molar-refractivity contribution >= 4 is 38.2 Å². The van der Waals surface area contributed by atoms with Gasteiger partial charge in [0, 0.05) is 38.3 Å². The van der Waals surface area contributed by atoms with Gasteiger partial charge in [-0.05, 0) is 30.2 Å². The minimum Gasteiger partial charge on any atom is -0.376 e. The van der Waals surface area contributed by atoms with Gasteiger partial charge in [-0.2, -0.15) is 0 Å². The molecule has 30 heavy (non-hydrogen) atoms. The second-order valence-corrected chi connectivity index (χ2v) is 8.95. The van der Waals surface area contributed by atoms with E-state index in [0.29, 0.717) is 17.6 Å². The number of nitrogens with one attached hydrogen (secondary N) is 2. The van der Waals surface area contributed by atoms with Crippen molar-refractivity contribution in [2.24, 2.45) is 0 Å². The number of H-pyrrole nitrogens is 1. The summed E-state index contributed by atoms with van der Waals surface area (Å²) in [6.07, 6.45) is 3.27. The summed E-state index contributed by atoms with van der Waals surface area (Å²) in [5.41, 5.74) is 0.720. The fraction of sp³-hybridized carbons (Fsp3) is 0.300. The van der Waals surface area contributed by atoms with Crippen molar-refractivity contribution in [3.63, 3.8) is 0 Å². The first-order valence-corrected chi connectivity index (χ1v) is 10.9. The second kappa shape index (κ2) is 8.39. The predicted octanol–water partition coefficient (Wildman–Crippen LogP) is 3.48. The van der Waals surface area contributed by atoms with E-state index in [1.165, 1.54) is 6.20 Å². The molecule has 2 N–H and O–H groups in total. The first-order chi connectivity index (χ1) is 14.1. The third kappa shape index (κ3) is 4.43. The highest BCUT2D eigenvalue weighted by molar-refractivity contribution is 7.92. The number of Topliss-reactive ketones (excluding diaryl/α,β-unsaturated/α-hetero) is 1. The zero-order chi connectivity index (χ0) is 22.1. The van der Waals surface area contributed by atoms with Crippen LogP contribution in [-0.2, 0) is 16.4 Å². The average Bonchev–Trinajstić information content (AvgIpc) is 3.07. The van der Waals surface area contributed by atoms with E-state index < -0.39 is 38.7 Å². The van der Waals surface area contributed by atoms with Gasteiger partial charge in [0.2, 0.25) is 10.0 Å².